The summed E-state index contributed by atoms with van der Waals surface area (Å²) >= 11 is 0. The third-order valence-corrected chi connectivity index (χ3v) is 7.68. The van der Waals surface area contributed by atoms with E-state index in [1.54, 1.807) is 48.5 Å². The summed E-state index contributed by atoms with van der Waals surface area (Å²) in [6, 6.07) is 18.6. The number of nitrogens with one attached hydrogen (secondary N) is 4. The van der Waals surface area contributed by atoms with Crippen molar-refractivity contribution in [3.8, 4) is 11.1 Å². The number of rotatable bonds is 7. The first-order valence-corrected chi connectivity index (χ1v) is 15.0. The number of carbonyl (C=O) groups excluding carboxylic acids is 2. The Kier molecular flexibility index (Phi) is 13.2. The number of hydrogen-bond acceptors (Lipinski definition) is 8. The summed E-state index contributed by atoms with van der Waals surface area (Å²) in [6.45, 7) is 3.74. The fraction of sp³-hybridized carbons (Fsp3) is 0.0714. The second-order valence-electron chi connectivity index (χ2n) is 9.22. The van der Waals surface area contributed by atoms with Crippen molar-refractivity contribution >= 4 is 55.0 Å². The molecule has 0 aromatic heterocycles. The smallest absolute Gasteiger partial charge is 0.744 e. The summed E-state index contributed by atoms with van der Waals surface area (Å²) in [7, 11) is -10.5. The van der Waals surface area contributed by atoms with Crippen molar-refractivity contribution in [1.82, 2.24) is 0 Å². The Labute approximate surface area is 299 Å². The number of anilines is 4. The molecule has 4 aromatic rings. The van der Waals surface area contributed by atoms with Crippen molar-refractivity contribution in [3.05, 3.63) is 96.1 Å². The standard InChI is InChI=1S/C28H26N4O8S2.2Na/c1-17-3-7-19(8-4-17)29-27(33)31-21-11-13-23(25(15-21)41(35,36)37)24-14-12-22(16-26(24)42(38,39)40)32-28(34)30-20-9-5-18(2)6-10-20;;/h3-16H,1-2H3,(H2,29,31,33)(H2,30,32,34)(H,35,36,37)(H,38,39,40);;/q;2*+1/p-2. The zero-order chi connectivity index (χ0) is 30.7. The molecule has 0 fully saturated rings. The molecule has 4 rings (SSSR count). The zero-order valence-corrected chi connectivity index (χ0v) is 29.8. The van der Waals surface area contributed by atoms with Crippen molar-refractivity contribution in [1.29, 1.82) is 0 Å². The van der Waals surface area contributed by atoms with E-state index in [2.05, 4.69) is 21.3 Å². The van der Waals surface area contributed by atoms with E-state index >= 15 is 0 Å². The molecule has 0 heterocycles. The monoisotopic (exact) mass is 654 g/mol. The number of carbonyl (C=O) groups is 2. The number of amides is 4. The van der Waals surface area contributed by atoms with Crippen LogP contribution in [0, 0.1) is 13.8 Å². The number of hydrogen-bond donors (Lipinski definition) is 4. The minimum absolute atomic E-state index is 0. The van der Waals surface area contributed by atoms with E-state index in [0.717, 1.165) is 35.4 Å². The normalized spacial score (nSPS) is 10.9. The summed E-state index contributed by atoms with van der Waals surface area (Å²) in [6.07, 6.45) is 0. The van der Waals surface area contributed by atoms with Gasteiger partial charge in [0.05, 0.1) is 9.79 Å². The van der Waals surface area contributed by atoms with E-state index in [9.17, 15) is 35.5 Å². The van der Waals surface area contributed by atoms with Crippen molar-refractivity contribution in [3.63, 3.8) is 0 Å². The molecule has 12 nitrogen and oxygen atoms in total. The second kappa shape index (κ2) is 15.5. The van der Waals surface area contributed by atoms with Crippen LogP contribution in [0.2, 0.25) is 0 Å². The average Bonchev–Trinajstić information content (AvgIpc) is 2.90. The molecule has 44 heavy (non-hydrogen) atoms. The van der Waals surface area contributed by atoms with Gasteiger partial charge in [-0.15, -0.1) is 0 Å². The first kappa shape index (κ1) is 37.4. The molecular weight excluding hydrogens is 630 g/mol. The van der Waals surface area contributed by atoms with Crippen LogP contribution in [-0.2, 0) is 20.2 Å². The van der Waals surface area contributed by atoms with Crippen LogP contribution >= 0.6 is 0 Å². The molecule has 0 spiro atoms. The maximum atomic E-state index is 12.4. The van der Waals surface area contributed by atoms with Crippen LogP contribution in [0.3, 0.4) is 0 Å². The third kappa shape index (κ3) is 10.1. The average molecular weight is 655 g/mol. The Morgan fingerprint density at radius 3 is 1.07 bits per heavy atom. The molecule has 0 saturated carbocycles. The van der Waals surface area contributed by atoms with Gasteiger partial charge in [0.15, 0.2) is 0 Å². The van der Waals surface area contributed by atoms with Gasteiger partial charge in [-0.05, 0) is 62.4 Å². The van der Waals surface area contributed by atoms with Crippen LogP contribution in [0.5, 0.6) is 0 Å². The van der Waals surface area contributed by atoms with Gasteiger partial charge in [0.25, 0.3) is 0 Å². The number of urea groups is 2. The van der Waals surface area contributed by atoms with E-state index < -0.39 is 42.1 Å². The molecule has 0 unspecified atom stereocenters. The molecule has 0 atom stereocenters. The minimum Gasteiger partial charge on any atom is -0.744 e. The van der Waals surface area contributed by atoms with Gasteiger partial charge >= 0.3 is 71.2 Å². The fourth-order valence-electron chi connectivity index (χ4n) is 3.92. The van der Waals surface area contributed by atoms with Crippen LogP contribution < -0.4 is 80.4 Å². The van der Waals surface area contributed by atoms with Crippen molar-refractivity contribution < 1.29 is 94.6 Å². The Balaban J connectivity index is 0.00000337. The summed E-state index contributed by atoms with van der Waals surface area (Å²) in [5.74, 6) is 0. The maximum absolute atomic E-state index is 12.4. The minimum atomic E-state index is -5.23. The summed E-state index contributed by atoms with van der Waals surface area (Å²) in [5.41, 5.74) is 1.90. The predicted octanol–water partition coefficient (Wildman–Crippen LogP) is -0.925. The van der Waals surface area contributed by atoms with Crippen LogP contribution in [0.25, 0.3) is 11.1 Å². The molecule has 0 saturated heterocycles. The van der Waals surface area contributed by atoms with E-state index in [0.29, 0.717) is 11.4 Å². The Bertz CT molecular complexity index is 1750. The van der Waals surface area contributed by atoms with Crippen molar-refractivity contribution in [2.75, 3.05) is 21.3 Å². The Morgan fingerprint density at radius 2 is 0.773 bits per heavy atom. The molecule has 0 bridgehead atoms. The topological polar surface area (TPSA) is 197 Å². The number of aryl methyl sites for hydroxylation is 2. The molecule has 0 aliphatic heterocycles. The fourth-order valence-corrected chi connectivity index (χ4v) is 5.36. The molecule has 0 radical (unpaired) electrons. The quantitative estimate of drug-likeness (QED) is 0.145. The van der Waals surface area contributed by atoms with Crippen LogP contribution in [0.1, 0.15) is 11.1 Å². The molecule has 16 heteroatoms. The van der Waals surface area contributed by atoms with E-state index in [1.807, 2.05) is 13.8 Å². The molecule has 0 aliphatic rings. The number of benzene rings is 4. The molecular formula is C28H24N4Na2O8S2. The summed E-state index contributed by atoms with van der Waals surface area (Å²) in [5, 5.41) is 9.92. The van der Waals surface area contributed by atoms with Crippen molar-refractivity contribution in [2.45, 2.75) is 23.6 Å². The van der Waals surface area contributed by atoms with Gasteiger partial charge in [0.2, 0.25) is 0 Å². The van der Waals surface area contributed by atoms with Gasteiger partial charge in [-0.25, -0.2) is 26.4 Å². The first-order chi connectivity index (χ1) is 19.7. The van der Waals surface area contributed by atoms with Crippen molar-refractivity contribution in [2.24, 2.45) is 0 Å². The SMILES string of the molecule is Cc1ccc(NC(=O)Nc2ccc(-c3ccc(NC(=O)Nc4ccc(C)cc4)cc3S(=O)(=O)[O-])c(S(=O)(=O)[O-])c2)cc1.[Na+].[Na+]. The van der Waals surface area contributed by atoms with E-state index in [4.69, 9.17) is 0 Å². The van der Waals surface area contributed by atoms with Crippen LogP contribution in [0.15, 0.2) is 94.7 Å². The largest absolute Gasteiger partial charge is 1.00 e. The molecule has 4 aromatic carbocycles. The van der Waals surface area contributed by atoms with Gasteiger partial charge in [-0.1, -0.05) is 47.5 Å². The van der Waals surface area contributed by atoms with Gasteiger partial charge in [0.1, 0.15) is 20.2 Å². The second-order valence-corrected chi connectivity index (χ2v) is 11.9. The molecule has 0 aliphatic carbocycles. The van der Waals surface area contributed by atoms with Gasteiger partial charge < -0.3 is 30.4 Å². The summed E-state index contributed by atoms with van der Waals surface area (Å²) < 4.78 is 73.1. The third-order valence-electron chi connectivity index (χ3n) is 5.93. The van der Waals surface area contributed by atoms with Crippen LogP contribution in [0.4, 0.5) is 32.3 Å². The molecule has 4 amide bonds. The van der Waals surface area contributed by atoms with E-state index in [-0.39, 0.29) is 81.6 Å². The first-order valence-electron chi connectivity index (χ1n) is 12.2. The summed E-state index contributed by atoms with van der Waals surface area (Å²) in [4.78, 5) is 23.1. The zero-order valence-electron chi connectivity index (χ0n) is 24.2. The molecule has 4 N–H and O–H groups in total. The predicted molar refractivity (Wildman–Crippen MR) is 155 cm³/mol. The van der Waals surface area contributed by atoms with Gasteiger partial charge in [-0.2, -0.15) is 0 Å². The molecule has 218 valence electrons. The Hall–Kier alpha value is -2.76. The van der Waals surface area contributed by atoms with E-state index in [1.165, 1.54) is 12.1 Å². The maximum Gasteiger partial charge on any atom is 1.00 e. The Morgan fingerprint density at radius 1 is 0.500 bits per heavy atom. The van der Waals surface area contributed by atoms with Gasteiger partial charge in [0, 0.05) is 33.9 Å². The van der Waals surface area contributed by atoms with Gasteiger partial charge in [-0.3, -0.25) is 0 Å². The van der Waals surface area contributed by atoms with Crippen LogP contribution in [-0.4, -0.2) is 38.0 Å².